The van der Waals surface area contributed by atoms with Crippen molar-refractivity contribution in [1.29, 1.82) is 5.26 Å². The summed E-state index contributed by atoms with van der Waals surface area (Å²) in [5.74, 6) is 0.335. The van der Waals surface area contributed by atoms with Crippen molar-refractivity contribution in [1.82, 2.24) is 5.32 Å². The Labute approximate surface area is 115 Å². The lowest BCUT2D eigenvalue weighted by atomic mass is 9.99. The molecule has 1 aliphatic heterocycles. The van der Waals surface area contributed by atoms with Gasteiger partial charge in [0.05, 0.1) is 5.57 Å². The Morgan fingerprint density at radius 1 is 1.50 bits per heavy atom. The molecule has 18 heavy (non-hydrogen) atoms. The van der Waals surface area contributed by atoms with Gasteiger partial charge < -0.3 is 11.1 Å². The SMILES string of the molecule is CSC1=NC(c2ccccc2Cl)C(C#N)=C(N)N1. The van der Waals surface area contributed by atoms with Crippen LogP contribution < -0.4 is 11.1 Å². The van der Waals surface area contributed by atoms with E-state index in [1.54, 1.807) is 6.07 Å². The maximum Gasteiger partial charge on any atom is 0.162 e. The first-order valence-electron chi connectivity index (χ1n) is 5.20. The standard InChI is InChI=1S/C12H11ClN4S/c1-18-12-16-10(8(6-14)11(15)17-12)7-4-2-3-5-9(7)13/h2-5,10H,15H2,1H3,(H,16,17). The molecule has 1 aromatic carbocycles. The van der Waals surface area contributed by atoms with Gasteiger partial charge in [0.1, 0.15) is 17.9 Å². The summed E-state index contributed by atoms with van der Waals surface area (Å²) >= 11 is 7.59. The lowest BCUT2D eigenvalue weighted by molar-refractivity contribution is 0.810. The molecule has 2 rings (SSSR count). The summed E-state index contributed by atoms with van der Waals surface area (Å²) in [6.07, 6.45) is 1.89. The number of nitriles is 1. The van der Waals surface area contributed by atoms with Gasteiger partial charge in [0.2, 0.25) is 0 Å². The summed E-state index contributed by atoms with van der Waals surface area (Å²) in [5, 5.41) is 13.3. The molecule has 0 aliphatic carbocycles. The molecule has 0 spiro atoms. The molecule has 1 atom stereocenters. The normalized spacial score (nSPS) is 18.9. The number of amidine groups is 1. The number of nitrogens with zero attached hydrogens (tertiary/aromatic N) is 2. The second-order valence-electron chi connectivity index (χ2n) is 3.63. The summed E-state index contributed by atoms with van der Waals surface area (Å²) in [7, 11) is 0. The molecule has 1 unspecified atom stereocenters. The minimum atomic E-state index is -0.438. The van der Waals surface area contributed by atoms with Gasteiger partial charge in [-0.05, 0) is 12.3 Å². The lowest BCUT2D eigenvalue weighted by Gasteiger charge is -2.22. The minimum Gasteiger partial charge on any atom is -0.384 e. The molecule has 0 amide bonds. The number of rotatable bonds is 1. The van der Waals surface area contributed by atoms with Crippen molar-refractivity contribution in [3.63, 3.8) is 0 Å². The molecule has 0 aromatic heterocycles. The van der Waals surface area contributed by atoms with Crippen molar-refractivity contribution in [2.24, 2.45) is 10.7 Å². The number of hydrogen-bond acceptors (Lipinski definition) is 5. The summed E-state index contributed by atoms with van der Waals surface area (Å²) in [6.45, 7) is 0. The molecule has 0 bridgehead atoms. The molecule has 0 saturated carbocycles. The van der Waals surface area contributed by atoms with E-state index in [0.717, 1.165) is 5.56 Å². The number of halogens is 1. The number of nitrogens with two attached hydrogens (primary N) is 1. The number of nitrogens with one attached hydrogen (secondary N) is 1. The summed E-state index contributed by atoms with van der Waals surface area (Å²) < 4.78 is 0. The Morgan fingerprint density at radius 3 is 2.83 bits per heavy atom. The van der Waals surface area contributed by atoms with Crippen LogP contribution in [0.1, 0.15) is 11.6 Å². The van der Waals surface area contributed by atoms with Gasteiger partial charge in [-0.25, -0.2) is 4.99 Å². The maximum atomic E-state index is 9.20. The van der Waals surface area contributed by atoms with Crippen molar-refractivity contribution in [2.45, 2.75) is 6.04 Å². The average Bonchev–Trinajstić information content (AvgIpc) is 2.38. The van der Waals surface area contributed by atoms with Crippen LogP contribution in [0.2, 0.25) is 5.02 Å². The fourth-order valence-electron chi connectivity index (χ4n) is 1.69. The maximum absolute atomic E-state index is 9.20. The molecule has 0 fully saturated rings. The highest BCUT2D eigenvalue weighted by atomic mass is 35.5. The van der Waals surface area contributed by atoms with Crippen LogP contribution in [-0.2, 0) is 0 Å². The zero-order chi connectivity index (χ0) is 13.1. The van der Waals surface area contributed by atoms with Gasteiger partial charge in [0.15, 0.2) is 5.17 Å². The van der Waals surface area contributed by atoms with Gasteiger partial charge in [-0.15, -0.1) is 0 Å². The lowest BCUT2D eigenvalue weighted by Crippen LogP contribution is -2.32. The molecule has 1 aromatic rings. The quantitative estimate of drug-likeness (QED) is 0.827. The zero-order valence-corrected chi connectivity index (χ0v) is 11.2. The van der Waals surface area contributed by atoms with Crippen LogP contribution in [0, 0.1) is 11.3 Å². The predicted molar refractivity (Wildman–Crippen MR) is 75.1 cm³/mol. The van der Waals surface area contributed by atoms with Crippen LogP contribution in [0.25, 0.3) is 0 Å². The molecule has 1 aliphatic rings. The first-order valence-corrected chi connectivity index (χ1v) is 6.80. The van der Waals surface area contributed by atoms with Gasteiger partial charge >= 0.3 is 0 Å². The van der Waals surface area contributed by atoms with Crippen molar-refractivity contribution in [2.75, 3.05) is 6.26 Å². The number of hydrogen-bond donors (Lipinski definition) is 2. The Bertz CT molecular complexity index is 574. The highest BCUT2D eigenvalue weighted by Crippen LogP contribution is 2.34. The van der Waals surface area contributed by atoms with Gasteiger partial charge in [0.25, 0.3) is 0 Å². The van der Waals surface area contributed by atoms with Crippen LogP contribution in [0.5, 0.6) is 0 Å². The Kier molecular flexibility index (Phi) is 3.80. The Morgan fingerprint density at radius 2 is 2.22 bits per heavy atom. The van der Waals surface area contributed by atoms with Crippen molar-refractivity contribution < 1.29 is 0 Å². The van der Waals surface area contributed by atoms with E-state index in [1.165, 1.54) is 11.8 Å². The largest absolute Gasteiger partial charge is 0.384 e. The fraction of sp³-hybridized carbons (Fsp3) is 0.167. The minimum absolute atomic E-state index is 0.335. The molecule has 0 radical (unpaired) electrons. The molecule has 4 nitrogen and oxygen atoms in total. The van der Waals surface area contributed by atoms with Gasteiger partial charge in [-0.3, -0.25) is 0 Å². The van der Waals surface area contributed by atoms with E-state index in [4.69, 9.17) is 17.3 Å². The molecule has 1 heterocycles. The number of benzene rings is 1. The van der Waals surface area contributed by atoms with Gasteiger partial charge in [-0.2, -0.15) is 5.26 Å². The van der Waals surface area contributed by atoms with E-state index in [2.05, 4.69) is 16.4 Å². The fourth-order valence-corrected chi connectivity index (χ4v) is 2.35. The third-order valence-electron chi connectivity index (χ3n) is 2.57. The van der Waals surface area contributed by atoms with E-state index < -0.39 is 6.04 Å². The second-order valence-corrected chi connectivity index (χ2v) is 4.83. The predicted octanol–water partition coefficient (Wildman–Crippen LogP) is 2.40. The van der Waals surface area contributed by atoms with Crippen LogP contribution >= 0.6 is 23.4 Å². The van der Waals surface area contributed by atoms with E-state index in [9.17, 15) is 5.26 Å². The van der Waals surface area contributed by atoms with E-state index >= 15 is 0 Å². The smallest absolute Gasteiger partial charge is 0.162 e. The van der Waals surface area contributed by atoms with E-state index in [0.29, 0.717) is 21.6 Å². The number of thioether (sulfide) groups is 1. The van der Waals surface area contributed by atoms with Crippen LogP contribution in [0.15, 0.2) is 40.7 Å². The molecule has 92 valence electrons. The molecule has 3 N–H and O–H groups in total. The third kappa shape index (κ3) is 2.30. The van der Waals surface area contributed by atoms with E-state index in [1.807, 2.05) is 24.5 Å². The molecule has 6 heteroatoms. The Balaban J connectivity index is 2.52. The van der Waals surface area contributed by atoms with Crippen molar-refractivity contribution in [3.05, 3.63) is 46.2 Å². The van der Waals surface area contributed by atoms with E-state index in [-0.39, 0.29) is 0 Å². The highest BCUT2D eigenvalue weighted by molar-refractivity contribution is 8.13. The molecular formula is C12H11ClN4S. The molecule has 0 saturated heterocycles. The zero-order valence-electron chi connectivity index (χ0n) is 9.64. The first-order chi connectivity index (χ1) is 8.67. The van der Waals surface area contributed by atoms with Crippen LogP contribution in [-0.4, -0.2) is 11.4 Å². The van der Waals surface area contributed by atoms with Crippen LogP contribution in [0.3, 0.4) is 0 Å². The number of aliphatic imine (C=N–C) groups is 1. The highest BCUT2D eigenvalue weighted by Gasteiger charge is 2.25. The van der Waals surface area contributed by atoms with Gasteiger partial charge in [0, 0.05) is 10.6 Å². The third-order valence-corrected chi connectivity index (χ3v) is 3.50. The second kappa shape index (κ2) is 5.34. The van der Waals surface area contributed by atoms with Crippen molar-refractivity contribution in [3.8, 4) is 6.07 Å². The topological polar surface area (TPSA) is 74.2 Å². The van der Waals surface area contributed by atoms with Crippen molar-refractivity contribution >= 4 is 28.5 Å². The Hall–Kier alpha value is -1.64. The molecular weight excluding hydrogens is 268 g/mol. The summed E-state index contributed by atoms with van der Waals surface area (Å²) in [6, 6.07) is 8.98. The van der Waals surface area contributed by atoms with Gasteiger partial charge in [-0.1, -0.05) is 41.6 Å². The van der Waals surface area contributed by atoms with Crippen LogP contribution in [0.4, 0.5) is 0 Å². The average molecular weight is 279 g/mol. The summed E-state index contributed by atoms with van der Waals surface area (Å²) in [5.41, 5.74) is 7.02. The summed E-state index contributed by atoms with van der Waals surface area (Å²) in [4.78, 5) is 4.46. The first kappa shape index (κ1) is 12.8. The monoisotopic (exact) mass is 278 g/mol.